The van der Waals surface area contributed by atoms with Gasteiger partial charge in [0, 0.05) is 13.0 Å². The molecule has 0 atom stereocenters. The molecule has 8 heteroatoms. The Kier molecular flexibility index (Phi) is 7.09. The second kappa shape index (κ2) is 9.93. The van der Waals surface area contributed by atoms with Gasteiger partial charge in [0.05, 0.1) is 56.2 Å². The second-order valence-corrected chi connectivity index (χ2v) is 9.19. The lowest BCUT2D eigenvalue weighted by atomic mass is 10.3. The van der Waals surface area contributed by atoms with Crippen LogP contribution in [0.15, 0.2) is 24.3 Å². The Labute approximate surface area is 176 Å². The predicted octanol–water partition coefficient (Wildman–Crippen LogP) is -0.823. The van der Waals surface area contributed by atoms with Gasteiger partial charge in [-0.05, 0) is 24.4 Å². The monoisotopic (exact) mass is 421 g/mol. The first-order valence-corrected chi connectivity index (χ1v) is 11.6. The van der Waals surface area contributed by atoms with Crippen molar-refractivity contribution in [2.45, 2.75) is 13.0 Å². The number of hydrogen-bond acceptors (Lipinski definition) is 4. The number of ether oxygens (including phenoxy) is 1. The Bertz CT molecular complexity index is 736. The van der Waals surface area contributed by atoms with Gasteiger partial charge in [-0.3, -0.25) is 0 Å². The lowest BCUT2D eigenvalue weighted by Gasteiger charge is -2.33. The molecule has 28 heavy (non-hydrogen) atoms. The highest BCUT2D eigenvalue weighted by Crippen LogP contribution is 2.20. The molecule has 0 amide bonds. The van der Waals surface area contributed by atoms with Crippen LogP contribution in [0.4, 0.5) is 0 Å². The van der Waals surface area contributed by atoms with Gasteiger partial charge in [-0.2, -0.15) is 0 Å². The molecule has 0 spiro atoms. The lowest BCUT2D eigenvalue weighted by Crippen LogP contribution is -3.14. The minimum Gasteiger partial charge on any atom is -0.370 e. The van der Waals surface area contributed by atoms with E-state index in [4.69, 9.17) is 21.9 Å². The molecule has 2 aliphatic rings. The summed E-state index contributed by atoms with van der Waals surface area (Å²) in [4.78, 5) is 10.4. The van der Waals surface area contributed by atoms with E-state index in [2.05, 4.69) is 34.5 Å². The average Bonchev–Trinajstić information content (AvgIpc) is 3.14. The number of rotatable bonds is 6. The molecule has 0 bridgehead atoms. The van der Waals surface area contributed by atoms with Crippen molar-refractivity contribution in [1.29, 1.82) is 0 Å². The van der Waals surface area contributed by atoms with Crippen molar-refractivity contribution in [3.8, 4) is 0 Å². The summed E-state index contributed by atoms with van der Waals surface area (Å²) in [6.07, 6.45) is 1.16. The van der Waals surface area contributed by atoms with Crippen LogP contribution in [0.2, 0.25) is 0 Å². The van der Waals surface area contributed by atoms with E-state index < -0.39 is 0 Å². The van der Waals surface area contributed by atoms with Crippen molar-refractivity contribution < 1.29 is 14.5 Å². The number of nitrogens with one attached hydrogen (secondary N) is 3. The zero-order chi connectivity index (χ0) is 19.2. The first-order chi connectivity index (χ1) is 13.8. The molecular weight excluding hydrogens is 390 g/mol. The standard InChI is InChI=1S/C20H29N5OS2/c27-20(21-6-3-7-23-12-14-26-15-13-23)25-10-8-24(9-11-25)16-19-22-17-4-1-2-5-18(17)28-19/h1-2,4-5H,3,6-16H2,(H,21,27)/p+2. The predicted molar refractivity (Wildman–Crippen MR) is 117 cm³/mol. The van der Waals surface area contributed by atoms with E-state index in [1.807, 2.05) is 11.3 Å². The summed E-state index contributed by atoms with van der Waals surface area (Å²) in [7, 11) is 0. The third-order valence-electron chi connectivity index (χ3n) is 5.68. The van der Waals surface area contributed by atoms with Gasteiger partial charge >= 0.3 is 0 Å². The molecule has 3 heterocycles. The molecule has 0 saturated carbocycles. The number of thiocarbonyl (C=S) groups is 1. The van der Waals surface area contributed by atoms with E-state index in [0.717, 1.165) is 82.6 Å². The molecular formula is C20H31N5OS2+2. The van der Waals surface area contributed by atoms with Crippen LogP contribution >= 0.6 is 23.6 Å². The number of piperazine rings is 1. The number of nitrogens with zero attached hydrogens (tertiary/aromatic N) is 2. The zero-order valence-electron chi connectivity index (χ0n) is 16.4. The maximum Gasteiger partial charge on any atom is 0.169 e. The number of hydrogen-bond donors (Lipinski definition) is 3. The SMILES string of the molecule is S=C(NCCC[NH+]1CCOCC1)N1CC[NH+](Cc2nc3ccccc3s2)CC1. The van der Waals surface area contributed by atoms with Crippen LogP contribution < -0.4 is 15.1 Å². The van der Waals surface area contributed by atoms with Gasteiger partial charge in [0.25, 0.3) is 0 Å². The molecule has 2 aliphatic heterocycles. The molecule has 0 radical (unpaired) electrons. The van der Waals surface area contributed by atoms with Crippen LogP contribution in [0.3, 0.4) is 0 Å². The number of benzene rings is 1. The number of quaternary nitrogens is 2. The number of aromatic nitrogens is 1. The van der Waals surface area contributed by atoms with Gasteiger partial charge in [-0.1, -0.05) is 12.1 Å². The van der Waals surface area contributed by atoms with Crippen molar-refractivity contribution in [3.63, 3.8) is 0 Å². The Morgan fingerprint density at radius 3 is 2.71 bits per heavy atom. The van der Waals surface area contributed by atoms with E-state index in [1.165, 1.54) is 16.3 Å². The van der Waals surface area contributed by atoms with Crippen LogP contribution in [-0.2, 0) is 11.3 Å². The third kappa shape index (κ3) is 5.39. The van der Waals surface area contributed by atoms with Crippen molar-refractivity contribution >= 4 is 38.9 Å². The van der Waals surface area contributed by atoms with E-state index >= 15 is 0 Å². The lowest BCUT2D eigenvalue weighted by molar-refractivity contribution is -0.917. The average molecular weight is 422 g/mol. The van der Waals surface area contributed by atoms with Gasteiger partial charge in [0.15, 0.2) is 5.11 Å². The van der Waals surface area contributed by atoms with Crippen molar-refractivity contribution in [2.24, 2.45) is 0 Å². The number of fused-ring (bicyclic) bond motifs is 1. The van der Waals surface area contributed by atoms with Gasteiger partial charge in [0.1, 0.15) is 24.6 Å². The summed E-state index contributed by atoms with van der Waals surface area (Å²) in [6, 6.07) is 8.42. The molecule has 2 saturated heterocycles. The van der Waals surface area contributed by atoms with E-state index in [1.54, 1.807) is 9.80 Å². The second-order valence-electron chi connectivity index (χ2n) is 7.69. The van der Waals surface area contributed by atoms with Crippen LogP contribution in [0, 0.1) is 0 Å². The number of thiazole rings is 1. The van der Waals surface area contributed by atoms with Gasteiger partial charge < -0.3 is 24.8 Å². The quantitative estimate of drug-likeness (QED) is 0.420. The van der Waals surface area contributed by atoms with Crippen molar-refractivity contribution in [1.82, 2.24) is 15.2 Å². The molecule has 0 aliphatic carbocycles. The smallest absolute Gasteiger partial charge is 0.169 e. The number of morpholine rings is 1. The largest absolute Gasteiger partial charge is 0.370 e. The van der Waals surface area contributed by atoms with Gasteiger partial charge in [0.2, 0.25) is 0 Å². The van der Waals surface area contributed by atoms with Crippen molar-refractivity contribution in [2.75, 3.05) is 65.6 Å². The van der Waals surface area contributed by atoms with E-state index in [0.29, 0.717) is 0 Å². The Morgan fingerprint density at radius 2 is 1.93 bits per heavy atom. The summed E-state index contributed by atoms with van der Waals surface area (Å²) >= 11 is 7.45. The highest BCUT2D eigenvalue weighted by Gasteiger charge is 2.23. The normalized spacial score (nSPS) is 19.2. The fourth-order valence-corrected chi connectivity index (χ4v) is 5.29. The number of para-hydroxylation sites is 1. The molecule has 3 N–H and O–H groups in total. The van der Waals surface area contributed by atoms with Crippen LogP contribution in [0.25, 0.3) is 10.2 Å². The Balaban J connectivity index is 1.14. The molecule has 1 aromatic heterocycles. The molecule has 0 unspecified atom stereocenters. The summed E-state index contributed by atoms with van der Waals surface area (Å²) in [5.74, 6) is 0. The van der Waals surface area contributed by atoms with Gasteiger partial charge in [-0.25, -0.2) is 4.98 Å². The maximum absolute atomic E-state index is 5.62. The first kappa shape index (κ1) is 20.0. The summed E-state index contributed by atoms with van der Waals surface area (Å²) in [6.45, 7) is 11.6. The van der Waals surface area contributed by atoms with Gasteiger partial charge in [-0.15, -0.1) is 11.3 Å². The highest BCUT2D eigenvalue weighted by molar-refractivity contribution is 7.80. The third-order valence-corrected chi connectivity index (χ3v) is 7.12. The van der Waals surface area contributed by atoms with E-state index in [-0.39, 0.29) is 0 Å². The summed E-state index contributed by atoms with van der Waals surface area (Å²) < 4.78 is 6.71. The zero-order valence-corrected chi connectivity index (χ0v) is 18.0. The summed E-state index contributed by atoms with van der Waals surface area (Å²) in [5, 5.41) is 5.64. The maximum atomic E-state index is 5.62. The highest BCUT2D eigenvalue weighted by atomic mass is 32.1. The molecule has 152 valence electrons. The van der Waals surface area contributed by atoms with Crippen molar-refractivity contribution in [3.05, 3.63) is 29.3 Å². The summed E-state index contributed by atoms with van der Waals surface area (Å²) in [5.41, 5.74) is 1.13. The fraction of sp³-hybridized carbons (Fsp3) is 0.600. The molecule has 2 aromatic rings. The van der Waals surface area contributed by atoms with E-state index in [9.17, 15) is 0 Å². The minimum absolute atomic E-state index is 0.908. The first-order valence-electron chi connectivity index (χ1n) is 10.4. The topological polar surface area (TPSA) is 46.3 Å². The molecule has 4 rings (SSSR count). The van der Waals surface area contributed by atoms with Crippen LogP contribution in [0.5, 0.6) is 0 Å². The minimum atomic E-state index is 0.908. The fourth-order valence-electron chi connectivity index (χ4n) is 3.97. The van der Waals surface area contributed by atoms with Crippen LogP contribution in [0.1, 0.15) is 11.4 Å². The molecule has 6 nitrogen and oxygen atoms in total. The Morgan fingerprint density at radius 1 is 1.14 bits per heavy atom. The Hall–Kier alpha value is -1.32. The van der Waals surface area contributed by atoms with Crippen LogP contribution in [-0.4, -0.2) is 80.6 Å². The molecule has 1 aromatic carbocycles. The molecule has 2 fully saturated rings.